The average Bonchev–Trinajstić information content (AvgIpc) is 2.67. The number of ether oxygens (including phenoxy) is 2. The van der Waals surface area contributed by atoms with Crippen LogP contribution in [-0.4, -0.2) is 31.8 Å². The summed E-state index contributed by atoms with van der Waals surface area (Å²) < 4.78 is 10.5. The molecule has 0 bridgehead atoms. The van der Waals surface area contributed by atoms with Crippen LogP contribution in [-0.2, 0) is 28.8 Å². The van der Waals surface area contributed by atoms with E-state index in [4.69, 9.17) is 9.47 Å². The van der Waals surface area contributed by atoms with Gasteiger partial charge in [-0.2, -0.15) is 0 Å². The van der Waals surface area contributed by atoms with Gasteiger partial charge in [0.25, 0.3) is 0 Å². The average molecular weight is 353 g/mol. The van der Waals surface area contributed by atoms with Crippen molar-refractivity contribution in [2.75, 3.05) is 19.8 Å². The molecule has 1 unspecified atom stereocenters. The van der Waals surface area contributed by atoms with Crippen LogP contribution in [0.4, 0.5) is 0 Å². The predicted octanol–water partition coefficient (Wildman–Crippen LogP) is 3.32. The Morgan fingerprint density at radius 2 is 2.00 bits per heavy atom. The Bertz CT molecular complexity index is 715. The van der Waals surface area contributed by atoms with E-state index < -0.39 is 0 Å². The van der Waals surface area contributed by atoms with Crippen LogP contribution >= 0.6 is 0 Å². The highest BCUT2D eigenvalue weighted by atomic mass is 16.6. The van der Waals surface area contributed by atoms with Crippen LogP contribution in [0.25, 0.3) is 0 Å². The van der Waals surface area contributed by atoms with Crippen LogP contribution < -0.4 is 10.1 Å². The summed E-state index contributed by atoms with van der Waals surface area (Å²) in [6, 6.07) is 17.2. The molecule has 0 aromatic heterocycles. The van der Waals surface area contributed by atoms with Crippen LogP contribution in [0.1, 0.15) is 30.0 Å². The number of hydrogen-bond acceptors (Lipinski definition) is 4. The zero-order chi connectivity index (χ0) is 18.2. The van der Waals surface area contributed by atoms with E-state index in [1.54, 1.807) is 6.92 Å². The van der Waals surface area contributed by atoms with Gasteiger partial charge in [-0.05, 0) is 68.0 Å². The number of nitrogens with one attached hydrogen (secondary N) is 1. The maximum absolute atomic E-state index is 11.4. The van der Waals surface area contributed by atoms with Crippen molar-refractivity contribution < 1.29 is 14.3 Å². The van der Waals surface area contributed by atoms with Gasteiger partial charge in [0.15, 0.2) is 6.61 Å². The van der Waals surface area contributed by atoms with Crippen LogP contribution in [0.3, 0.4) is 0 Å². The highest BCUT2D eigenvalue weighted by Gasteiger charge is 2.18. The van der Waals surface area contributed by atoms with Crippen LogP contribution in [0.2, 0.25) is 0 Å². The number of carbonyl (C=O) groups excluding carboxylic acids is 1. The van der Waals surface area contributed by atoms with Gasteiger partial charge in [-0.3, -0.25) is 0 Å². The van der Waals surface area contributed by atoms with Gasteiger partial charge < -0.3 is 14.8 Å². The van der Waals surface area contributed by atoms with Gasteiger partial charge in [-0.1, -0.05) is 36.4 Å². The molecule has 0 spiro atoms. The minimum atomic E-state index is -0.328. The smallest absolute Gasteiger partial charge is 0.344 e. The second-order valence-electron chi connectivity index (χ2n) is 6.65. The third-order valence-electron chi connectivity index (χ3n) is 4.76. The highest BCUT2D eigenvalue weighted by molar-refractivity contribution is 5.71. The molecule has 2 aromatic rings. The van der Waals surface area contributed by atoms with E-state index in [1.807, 2.05) is 6.07 Å². The Labute approximate surface area is 155 Å². The fourth-order valence-electron chi connectivity index (χ4n) is 3.41. The van der Waals surface area contributed by atoms with Crippen molar-refractivity contribution in [3.05, 3.63) is 65.2 Å². The second-order valence-corrected chi connectivity index (χ2v) is 6.65. The molecule has 1 aliphatic carbocycles. The van der Waals surface area contributed by atoms with Gasteiger partial charge in [0.05, 0.1) is 6.61 Å². The molecule has 1 aliphatic rings. The number of aryl methyl sites for hydroxylation is 1. The molecule has 0 saturated carbocycles. The van der Waals surface area contributed by atoms with Crippen molar-refractivity contribution in [1.82, 2.24) is 5.32 Å². The standard InChI is InChI=1S/C22H27NO3/c1-2-25-22(24)16-26-21-11-9-18-8-10-20(14-19(18)15-21)23-13-12-17-6-4-3-5-7-17/h3-7,9,11,15,20,23H,2,8,10,12-14,16H2,1H3. The maximum atomic E-state index is 11.4. The summed E-state index contributed by atoms with van der Waals surface area (Å²) in [4.78, 5) is 11.4. The lowest BCUT2D eigenvalue weighted by atomic mass is 9.88. The van der Waals surface area contributed by atoms with E-state index in [-0.39, 0.29) is 12.6 Å². The Kier molecular flexibility index (Phi) is 6.67. The van der Waals surface area contributed by atoms with Crippen molar-refractivity contribution in [3.63, 3.8) is 0 Å². The molecule has 138 valence electrons. The normalized spacial score (nSPS) is 16.0. The fraction of sp³-hybridized carbons (Fsp3) is 0.409. The molecule has 4 nitrogen and oxygen atoms in total. The molecule has 1 N–H and O–H groups in total. The zero-order valence-electron chi connectivity index (χ0n) is 15.4. The van der Waals surface area contributed by atoms with Crippen LogP contribution in [0.5, 0.6) is 5.75 Å². The molecule has 0 amide bonds. The lowest BCUT2D eigenvalue weighted by Gasteiger charge is -2.26. The summed E-state index contributed by atoms with van der Waals surface area (Å²) in [7, 11) is 0. The summed E-state index contributed by atoms with van der Waals surface area (Å²) in [5.41, 5.74) is 4.07. The number of benzene rings is 2. The van der Waals surface area contributed by atoms with E-state index in [1.165, 1.54) is 16.7 Å². The van der Waals surface area contributed by atoms with Crippen LogP contribution in [0.15, 0.2) is 48.5 Å². The minimum Gasteiger partial charge on any atom is -0.482 e. The molecule has 0 radical (unpaired) electrons. The number of fused-ring (bicyclic) bond motifs is 1. The van der Waals surface area contributed by atoms with Crippen molar-refractivity contribution in [3.8, 4) is 5.75 Å². The summed E-state index contributed by atoms with van der Waals surface area (Å²) in [5, 5.41) is 3.68. The van der Waals surface area contributed by atoms with Gasteiger partial charge in [0.1, 0.15) is 5.75 Å². The molecule has 3 rings (SSSR count). The molecule has 0 saturated heterocycles. The van der Waals surface area contributed by atoms with Gasteiger partial charge in [-0.15, -0.1) is 0 Å². The minimum absolute atomic E-state index is 0.0363. The largest absolute Gasteiger partial charge is 0.482 e. The summed E-state index contributed by atoms with van der Waals surface area (Å²) >= 11 is 0. The molecule has 26 heavy (non-hydrogen) atoms. The third kappa shape index (κ3) is 5.33. The first-order chi connectivity index (χ1) is 12.7. The molecule has 1 atom stereocenters. The molecule has 2 aromatic carbocycles. The lowest BCUT2D eigenvalue weighted by molar-refractivity contribution is -0.145. The van der Waals surface area contributed by atoms with E-state index >= 15 is 0 Å². The zero-order valence-corrected chi connectivity index (χ0v) is 15.4. The molecule has 0 fully saturated rings. The number of rotatable bonds is 8. The number of esters is 1. The molecule has 0 aliphatic heterocycles. The van der Waals surface area contributed by atoms with E-state index in [2.05, 4.69) is 47.8 Å². The van der Waals surface area contributed by atoms with Crippen molar-refractivity contribution in [2.45, 2.75) is 38.6 Å². The van der Waals surface area contributed by atoms with E-state index in [0.29, 0.717) is 12.6 Å². The Hall–Kier alpha value is -2.33. The van der Waals surface area contributed by atoms with Gasteiger partial charge in [0, 0.05) is 6.04 Å². The topological polar surface area (TPSA) is 47.6 Å². The van der Waals surface area contributed by atoms with Crippen LogP contribution in [0, 0.1) is 0 Å². The summed E-state index contributed by atoms with van der Waals surface area (Å²) in [5.74, 6) is 0.410. The molecular formula is C22H27NO3. The fourth-order valence-corrected chi connectivity index (χ4v) is 3.41. The SMILES string of the molecule is CCOC(=O)COc1ccc2c(c1)CC(NCCc1ccccc1)CC2. The van der Waals surface area contributed by atoms with Crippen molar-refractivity contribution >= 4 is 5.97 Å². The monoisotopic (exact) mass is 353 g/mol. The van der Waals surface area contributed by atoms with Gasteiger partial charge in [-0.25, -0.2) is 4.79 Å². The molecular weight excluding hydrogens is 326 g/mol. The first kappa shape index (κ1) is 18.5. The first-order valence-corrected chi connectivity index (χ1v) is 9.42. The predicted molar refractivity (Wildman–Crippen MR) is 103 cm³/mol. The van der Waals surface area contributed by atoms with Crippen molar-refractivity contribution in [2.24, 2.45) is 0 Å². The summed E-state index contributed by atoms with van der Waals surface area (Å²) in [6.07, 6.45) is 4.29. The quantitative estimate of drug-likeness (QED) is 0.740. The summed E-state index contributed by atoms with van der Waals surface area (Å²) in [6.45, 7) is 3.12. The Morgan fingerprint density at radius 3 is 2.81 bits per heavy atom. The number of hydrogen-bond donors (Lipinski definition) is 1. The maximum Gasteiger partial charge on any atom is 0.344 e. The Morgan fingerprint density at radius 1 is 1.15 bits per heavy atom. The van der Waals surface area contributed by atoms with Gasteiger partial charge in [0.2, 0.25) is 0 Å². The number of carbonyl (C=O) groups is 1. The van der Waals surface area contributed by atoms with E-state index in [0.717, 1.165) is 38.0 Å². The molecule has 0 heterocycles. The van der Waals surface area contributed by atoms with Gasteiger partial charge >= 0.3 is 5.97 Å². The first-order valence-electron chi connectivity index (χ1n) is 9.42. The molecule has 4 heteroatoms. The van der Waals surface area contributed by atoms with E-state index in [9.17, 15) is 4.79 Å². The highest BCUT2D eigenvalue weighted by Crippen LogP contribution is 2.25. The third-order valence-corrected chi connectivity index (χ3v) is 4.76. The lowest BCUT2D eigenvalue weighted by Crippen LogP contribution is -2.35. The Balaban J connectivity index is 1.50. The van der Waals surface area contributed by atoms with Crippen molar-refractivity contribution in [1.29, 1.82) is 0 Å². The second kappa shape index (κ2) is 9.39.